The van der Waals surface area contributed by atoms with Gasteiger partial charge in [-0.05, 0) is 25.1 Å². The van der Waals surface area contributed by atoms with Crippen molar-refractivity contribution in [3.05, 3.63) is 28.8 Å². The fourth-order valence-electron chi connectivity index (χ4n) is 1.25. The van der Waals surface area contributed by atoms with Crippen LogP contribution in [-0.2, 0) is 6.54 Å². The molecule has 0 atom stereocenters. The minimum absolute atomic E-state index is 0.190. The van der Waals surface area contributed by atoms with Gasteiger partial charge < -0.3 is 10.5 Å². The van der Waals surface area contributed by atoms with Gasteiger partial charge in [-0.2, -0.15) is 5.53 Å². The predicted molar refractivity (Wildman–Crippen MR) is 68.4 cm³/mol. The van der Waals surface area contributed by atoms with Crippen molar-refractivity contribution < 1.29 is 4.74 Å². The highest BCUT2D eigenvalue weighted by Crippen LogP contribution is 2.23. The first-order valence-electron chi connectivity index (χ1n) is 5.10. The topological polar surface area (TPSA) is 97.7 Å². The Labute approximate surface area is 105 Å². The van der Waals surface area contributed by atoms with Crippen molar-refractivity contribution in [3.63, 3.8) is 0 Å². The summed E-state index contributed by atoms with van der Waals surface area (Å²) in [6.45, 7) is 2.85. The van der Waals surface area contributed by atoms with Gasteiger partial charge in [-0.15, -0.1) is 0 Å². The number of nitrogens with two attached hydrogens (primary N) is 2. The second kappa shape index (κ2) is 6.95. The summed E-state index contributed by atoms with van der Waals surface area (Å²) < 4.78 is 5.45. The Morgan fingerprint density at radius 1 is 1.53 bits per heavy atom. The fourth-order valence-corrected chi connectivity index (χ4v) is 1.45. The van der Waals surface area contributed by atoms with E-state index in [-0.39, 0.29) is 5.96 Å². The third kappa shape index (κ3) is 4.48. The van der Waals surface area contributed by atoms with E-state index in [0.29, 0.717) is 18.2 Å². The van der Waals surface area contributed by atoms with E-state index >= 15 is 0 Å². The lowest BCUT2D eigenvalue weighted by atomic mass is 10.2. The Hall–Kier alpha value is -1.50. The summed E-state index contributed by atoms with van der Waals surface area (Å²) in [4.78, 5) is 4.07. The van der Waals surface area contributed by atoms with Crippen LogP contribution in [0.5, 0.6) is 5.75 Å². The van der Waals surface area contributed by atoms with Gasteiger partial charge in [0.1, 0.15) is 5.75 Å². The molecule has 0 saturated carbocycles. The summed E-state index contributed by atoms with van der Waals surface area (Å²) in [5, 5.41) is 0.627. The van der Waals surface area contributed by atoms with Crippen molar-refractivity contribution in [2.45, 2.75) is 13.5 Å². The van der Waals surface area contributed by atoms with Crippen molar-refractivity contribution in [2.75, 3.05) is 6.61 Å². The van der Waals surface area contributed by atoms with Crippen LogP contribution in [0, 0.1) is 0 Å². The molecule has 1 aromatic carbocycles. The van der Waals surface area contributed by atoms with Crippen LogP contribution in [0.4, 0.5) is 0 Å². The summed E-state index contributed by atoms with van der Waals surface area (Å²) in [5.74, 6) is 5.97. The number of benzene rings is 1. The molecule has 0 aromatic heterocycles. The third-order valence-electron chi connectivity index (χ3n) is 1.94. The van der Waals surface area contributed by atoms with Crippen molar-refractivity contribution in [1.29, 1.82) is 0 Å². The zero-order valence-electron chi connectivity index (χ0n) is 9.53. The molecular formula is C10H16ClN5O. The molecule has 0 bridgehead atoms. The van der Waals surface area contributed by atoms with Gasteiger partial charge in [0.05, 0.1) is 13.2 Å². The number of hydrazine groups is 2. The van der Waals surface area contributed by atoms with E-state index in [9.17, 15) is 0 Å². The van der Waals surface area contributed by atoms with Crippen LogP contribution in [0.3, 0.4) is 0 Å². The molecule has 0 aliphatic carbocycles. The lowest BCUT2D eigenvalue weighted by Crippen LogP contribution is -2.46. The van der Waals surface area contributed by atoms with Gasteiger partial charge in [-0.3, -0.25) is 11.3 Å². The highest BCUT2D eigenvalue weighted by molar-refractivity contribution is 6.30. The molecule has 0 aliphatic rings. The lowest BCUT2D eigenvalue weighted by Gasteiger charge is -2.09. The molecule has 0 heterocycles. The van der Waals surface area contributed by atoms with Gasteiger partial charge >= 0.3 is 0 Å². The highest BCUT2D eigenvalue weighted by Gasteiger charge is 2.04. The molecule has 6 nitrogen and oxygen atoms in total. The first-order chi connectivity index (χ1) is 8.17. The minimum atomic E-state index is 0.190. The Bertz CT molecular complexity index is 396. The second-order valence-electron chi connectivity index (χ2n) is 3.16. The van der Waals surface area contributed by atoms with Crippen LogP contribution < -0.4 is 27.3 Å². The molecule has 1 rings (SSSR count). The van der Waals surface area contributed by atoms with Crippen LogP contribution >= 0.6 is 11.6 Å². The van der Waals surface area contributed by atoms with Crippen LogP contribution in [0.25, 0.3) is 0 Å². The van der Waals surface area contributed by atoms with Gasteiger partial charge in [-0.25, -0.2) is 4.99 Å². The molecule has 0 spiro atoms. The second-order valence-corrected chi connectivity index (χ2v) is 3.59. The molecule has 0 aliphatic heterocycles. The lowest BCUT2D eigenvalue weighted by molar-refractivity contribution is 0.336. The van der Waals surface area contributed by atoms with Gasteiger partial charge in [0.2, 0.25) is 5.96 Å². The summed E-state index contributed by atoms with van der Waals surface area (Å²) in [5.41, 5.74) is 11.0. The summed E-state index contributed by atoms with van der Waals surface area (Å²) in [6.07, 6.45) is 0. The van der Waals surface area contributed by atoms with E-state index < -0.39 is 0 Å². The number of rotatable bonds is 5. The molecule has 0 fully saturated rings. The van der Waals surface area contributed by atoms with E-state index in [1.54, 1.807) is 12.1 Å². The SMILES string of the molecule is CCOc1ccc(Cl)cc1CN=C(N)NNN. The number of hydrogen-bond acceptors (Lipinski definition) is 4. The van der Waals surface area contributed by atoms with Gasteiger partial charge in [0.25, 0.3) is 0 Å². The van der Waals surface area contributed by atoms with Gasteiger partial charge in [0.15, 0.2) is 0 Å². The minimum Gasteiger partial charge on any atom is -0.494 e. The van der Waals surface area contributed by atoms with Crippen molar-refractivity contribution in [3.8, 4) is 5.75 Å². The maximum absolute atomic E-state index is 5.91. The summed E-state index contributed by atoms with van der Waals surface area (Å²) in [6, 6.07) is 5.36. The average Bonchev–Trinajstić information content (AvgIpc) is 2.30. The zero-order chi connectivity index (χ0) is 12.7. The maximum atomic E-state index is 5.91. The molecule has 0 amide bonds. The normalized spacial score (nSPS) is 11.4. The average molecular weight is 258 g/mol. The van der Waals surface area contributed by atoms with Crippen LogP contribution in [-0.4, -0.2) is 12.6 Å². The van der Waals surface area contributed by atoms with Crippen LogP contribution in [0.15, 0.2) is 23.2 Å². The first kappa shape index (κ1) is 13.6. The fraction of sp³-hybridized carbons (Fsp3) is 0.300. The van der Waals surface area contributed by atoms with Crippen molar-refractivity contribution in [1.82, 2.24) is 11.0 Å². The van der Waals surface area contributed by atoms with E-state index in [4.69, 9.17) is 27.9 Å². The quantitative estimate of drug-likeness (QED) is 0.267. The van der Waals surface area contributed by atoms with Crippen LogP contribution in [0.1, 0.15) is 12.5 Å². The van der Waals surface area contributed by atoms with E-state index in [2.05, 4.69) is 16.0 Å². The summed E-state index contributed by atoms with van der Waals surface area (Å²) in [7, 11) is 0. The number of nitrogens with one attached hydrogen (secondary N) is 2. The first-order valence-corrected chi connectivity index (χ1v) is 5.48. The number of guanidine groups is 1. The third-order valence-corrected chi connectivity index (χ3v) is 2.18. The molecule has 0 saturated heterocycles. The monoisotopic (exact) mass is 257 g/mol. The van der Waals surface area contributed by atoms with E-state index in [1.807, 2.05) is 13.0 Å². The number of aliphatic imine (C=N–C) groups is 1. The Balaban J connectivity index is 2.80. The molecular weight excluding hydrogens is 242 g/mol. The number of hydrogen-bond donors (Lipinski definition) is 4. The van der Waals surface area contributed by atoms with E-state index in [1.165, 1.54) is 0 Å². The van der Waals surface area contributed by atoms with Crippen molar-refractivity contribution >= 4 is 17.6 Å². The summed E-state index contributed by atoms with van der Waals surface area (Å²) >= 11 is 5.91. The Kier molecular flexibility index (Phi) is 5.55. The number of halogens is 1. The maximum Gasteiger partial charge on any atom is 0.204 e. The zero-order valence-corrected chi connectivity index (χ0v) is 10.3. The molecule has 1 aromatic rings. The molecule has 6 N–H and O–H groups in total. The Morgan fingerprint density at radius 2 is 2.29 bits per heavy atom. The molecule has 7 heteroatoms. The number of nitrogens with zero attached hydrogens (tertiary/aromatic N) is 1. The Morgan fingerprint density at radius 3 is 2.94 bits per heavy atom. The van der Waals surface area contributed by atoms with Gasteiger partial charge in [-0.1, -0.05) is 11.6 Å². The van der Waals surface area contributed by atoms with Crippen LogP contribution in [0.2, 0.25) is 5.02 Å². The molecule has 94 valence electrons. The molecule has 0 radical (unpaired) electrons. The van der Waals surface area contributed by atoms with Crippen molar-refractivity contribution in [2.24, 2.45) is 16.6 Å². The van der Waals surface area contributed by atoms with E-state index in [0.717, 1.165) is 11.3 Å². The number of ether oxygens (including phenoxy) is 1. The van der Waals surface area contributed by atoms with Gasteiger partial charge in [0, 0.05) is 10.6 Å². The highest BCUT2D eigenvalue weighted by atomic mass is 35.5. The predicted octanol–water partition coefficient (Wildman–Crippen LogP) is 0.521. The standard InChI is InChI=1S/C10H16ClN5O/c1-2-17-9-4-3-8(11)5-7(9)6-14-10(12)15-16-13/h3-5,16H,2,6,13H2,1H3,(H3,12,14,15). The largest absolute Gasteiger partial charge is 0.494 e. The molecule has 17 heavy (non-hydrogen) atoms. The smallest absolute Gasteiger partial charge is 0.204 e. The molecule has 0 unspecified atom stereocenters.